The van der Waals surface area contributed by atoms with Crippen molar-refractivity contribution in [2.75, 3.05) is 5.32 Å². The maximum Gasteiger partial charge on any atom is 0.307 e. The van der Waals surface area contributed by atoms with Gasteiger partial charge in [-0.1, -0.05) is 38.0 Å². The van der Waals surface area contributed by atoms with Gasteiger partial charge in [0.1, 0.15) is 0 Å². The first-order valence-electron chi connectivity index (χ1n) is 8.42. The van der Waals surface area contributed by atoms with E-state index in [2.05, 4.69) is 19.2 Å². The number of carbonyl (C=O) groups is 2. The molecule has 4 heteroatoms. The summed E-state index contributed by atoms with van der Waals surface area (Å²) in [4.78, 5) is 24.7. The number of hydrogen-bond donors (Lipinski definition) is 2. The Balaban J connectivity index is 1.88. The zero-order valence-electron chi connectivity index (χ0n) is 14.0. The number of aryl methyl sites for hydroxylation is 1. The quantitative estimate of drug-likeness (QED) is 0.893. The van der Waals surface area contributed by atoms with Crippen molar-refractivity contribution < 1.29 is 14.7 Å². The SMILES string of the molecule is Cc1ccc(NC(=O)C2C(C(=O)O)C3CCCC2C3(C)C)cc1. The van der Waals surface area contributed by atoms with Crippen molar-refractivity contribution in [2.45, 2.75) is 40.0 Å². The summed E-state index contributed by atoms with van der Waals surface area (Å²) in [5, 5.41) is 12.7. The molecule has 1 aromatic rings. The van der Waals surface area contributed by atoms with Gasteiger partial charge in [0.15, 0.2) is 0 Å². The highest BCUT2D eigenvalue weighted by atomic mass is 16.4. The number of carboxylic acids is 1. The van der Waals surface area contributed by atoms with Gasteiger partial charge >= 0.3 is 5.97 Å². The molecule has 2 N–H and O–H groups in total. The Morgan fingerprint density at radius 1 is 1.09 bits per heavy atom. The molecule has 4 nitrogen and oxygen atoms in total. The van der Waals surface area contributed by atoms with E-state index in [1.165, 1.54) is 0 Å². The topological polar surface area (TPSA) is 66.4 Å². The maximum absolute atomic E-state index is 12.9. The second-order valence-electron chi connectivity index (χ2n) is 7.71. The molecule has 124 valence electrons. The maximum atomic E-state index is 12.9. The third-order valence-electron chi connectivity index (χ3n) is 6.10. The Morgan fingerprint density at radius 3 is 2.22 bits per heavy atom. The molecule has 23 heavy (non-hydrogen) atoms. The molecule has 1 amide bonds. The molecule has 2 bridgehead atoms. The number of anilines is 1. The second-order valence-corrected chi connectivity index (χ2v) is 7.71. The lowest BCUT2D eigenvalue weighted by Crippen LogP contribution is -2.35. The summed E-state index contributed by atoms with van der Waals surface area (Å²) in [7, 11) is 0. The molecular formula is C19H25NO3. The molecular weight excluding hydrogens is 290 g/mol. The van der Waals surface area contributed by atoms with Crippen molar-refractivity contribution in [2.24, 2.45) is 29.1 Å². The molecule has 0 aliphatic heterocycles. The number of hydrogen-bond acceptors (Lipinski definition) is 2. The number of carbonyl (C=O) groups excluding carboxylic acids is 1. The highest BCUT2D eigenvalue weighted by molar-refractivity contribution is 5.96. The van der Waals surface area contributed by atoms with Crippen molar-refractivity contribution in [3.05, 3.63) is 29.8 Å². The first kappa shape index (κ1) is 16.0. The van der Waals surface area contributed by atoms with E-state index in [1.807, 2.05) is 31.2 Å². The van der Waals surface area contributed by atoms with E-state index in [9.17, 15) is 14.7 Å². The fourth-order valence-corrected chi connectivity index (χ4v) is 4.90. The Kier molecular flexibility index (Phi) is 3.95. The van der Waals surface area contributed by atoms with Crippen LogP contribution in [0.15, 0.2) is 24.3 Å². The highest BCUT2D eigenvalue weighted by Crippen LogP contribution is 2.60. The molecule has 0 spiro atoms. The van der Waals surface area contributed by atoms with Gasteiger partial charge in [-0.2, -0.15) is 0 Å². The van der Waals surface area contributed by atoms with E-state index >= 15 is 0 Å². The lowest BCUT2D eigenvalue weighted by Gasteiger charge is -2.38. The van der Waals surface area contributed by atoms with Gasteiger partial charge < -0.3 is 10.4 Å². The smallest absolute Gasteiger partial charge is 0.307 e. The summed E-state index contributed by atoms with van der Waals surface area (Å²) in [6, 6.07) is 7.63. The molecule has 2 aliphatic carbocycles. The van der Waals surface area contributed by atoms with Gasteiger partial charge in [-0.05, 0) is 49.1 Å². The van der Waals surface area contributed by atoms with Crippen LogP contribution in [0.3, 0.4) is 0 Å². The molecule has 0 aromatic heterocycles. The van der Waals surface area contributed by atoms with Crippen molar-refractivity contribution >= 4 is 17.6 Å². The molecule has 0 saturated heterocycles. The van der Waals surface area contributed by atoms with Gasteiger partial charge in [0.2, 0.25) is 5.91 Å². The summed E-state index contributed by atoms with van der Waals surface area (Å²) >= 11 is 0. The largest absolute Gasteiger partial charge is 0.481 e. The normalized spacial score (nSPS) is 31.6. The van der Waals surface area contributed by atoms with Crippen LogP contribution in [-0.4, -0.2) is 17.0 Å². The van der Waals surface area contributed by atoms with Crippen molar-refractivity contribution in [3.63, 3.8) is 0 Å². The van der Waals surface area contributed by atoms with Crippen LogP contribution in [0.5, 0.6) is 0 Å². The molecule has 4 unspecified atom stereocenters. The van der Waals surface area contributed by atoms with E-state index in [1.54, 1.807) is 0 Å². The third-order valence-corrected chi connectivity index (χ3v) is 6.10. The van der Waals surface area contributed by atoms with Crippen LogP contribution in [0.1, 0.15) is 38.7 Å². The van der Waals surface area contributed by atoms with E-state index in [4.69, 9.17) is 0 Å². The van der Waals surface area contributed by atoms with Crippen molar-refractivity contribution in [1.29, 1.82) is 0 Å². The zero-order valence-corrected chi connectivity index (χ0v) is 14.0. The Labute approximate surface area is 137 Å². The Hall–Kier alpha value is -1.84. The minimum absolute atomic E-state index is 0.0867. The Morgan fingerprint density at radius 2 is 1.65 bits per heavy atom. The number of fused-ring (bicyclic) bond motifs is 2. The average molecular weight is 315 g/mol. The molecule has 1 aromatic carbocycles. The van der Waals surface area contributed by atoms with E-state index in [0.717, 1.165) is 30.5 Å². The van der Waals surface area contributed by atoms with Crippen LogP contribution in [0.25, 0.3) is 0 Å². The molecule has 0 radical (unpaired) electrons. The van der Waals surface area contributed by atoms with Crippen LogP contribution >= 0.6 is 0 Å². The second kappa shape index (κ2) is 5.66. The Bertz CT molecular complexity index is 620. The van der Waals surface area contributed by atoms with Crippen LogP contribution in [0.4, 0.5) is 5.69 Å². The summed E-state index contributed by atoms with van der Waals surface area (Å²) in [6.45, 7) is 6.27. The van der Waals surface area contributed by atoms with Crippen molar-refractivity contribution in [3.8, 4) is 0 Å². The molecule has 2 saturated carbocycles. The summed E-state index contributed by atoms with van der Waals surface area (Å²) in [5.74, 6) is -1.72. The molecule has 4 atom stereocenters. The predicted molar refractivity (Wildman–Crippen MR) is 89.0 cm³/mol. The first-order chi connectivity index (χ1) is 10.8. The standard InChI is InChI=1S/C19H25NO3/c1-11-7-9-12(10-8-11)20-17(21)15-13-5-4-6-14(19(13,2)3)16(15)18(22)23/h7-10,13-16H,4-6H2,1-3H3,(H,20,21)(H,22,23). The number of nitrogens with one attached hydrogen (secondary N) is 1. The predicted octanol–water partition coefficient (Wildman–Crippen LogP) is 3.71. The summed E-state index contributed by atoms with van der Waals surface area (Å²) in [5.41, 5.74) is 1.78. The van der Waals surface area contributed by atoms with Crippen LogP contribution < -0.4 is 5.32 Å². The van der Waals surface area contributed by atoms with E-state index < -0.39 is 17.8 Å². The highest BCUT2D eigenvalue weighted by Gasteiger charge is 2.61. The average Bonchev–Trinajstić information content (AvgIpc) is 2.64. The third kappa shape index (κ3) is 2.64. The van der Waals surface area contributed by atoms with E-state index in [0.29, 0.717) is 0 Å². The van der Waals surface area contributed by atoms with Crippen LogP contribution in [-0.2, 0) is 9.59 Å². The molecule has 2 fully saturated rings. The van der Waals surface area contributed by atoms with Gasteiger partial charge in [0, 0.05) is 5.69 Å². The summed E-state index contributed by atoms with van der Waals surface area (Å²) < 4.78 is 0. The molecule has 3 rings (SSSR count). The molecule has 2 aliphatic rings. The number of carboxylic acid groups (broad SMARTS) is 1. The number of rotatable bonds is 3. The van der Waals surface area contributed by atoms with Crippen LogP contribution in [0.2, 0.25) is 0 Å². The minimum Gasteiger partial charge on any atom is -0.481 e. The van der Waals surface area contributed by atoms with Crippen molar-refractivity contribution in [1.82, 2.24) is 0 Å². The molecule has 0 heterocycles. The van der Waals surface area contributed by atoms with Gasteiger partial charge in [0.05, 0.1) is 11.8 Å². The van der Waals surface area contributed by atoms with Gasteiger partial charge in [-0.25, -0.2) is 0 Å². The summed E-state index contributed by atoms with van der Waals surface area (Å²) in [6.07, 6.45) is 2.88. The zero-order chi connectivity index (χ0) is 16.8. The number of amides is 1. The lowest BCUT2D eigenvalue weighted by molar-refractivity contribution is -0.147. The lowest BCUT2D eigenvalue weighted by atomic mass is 9.66. The van der Waals surface area contributed by atoms with Gasteiger partial charge in [-0.3, -0.25) is 9.59 Å². The fourth-order valence-electron chi connectivity index (χ4n) is 4.90. The minimum atomic E-state index is -0.823. The van der Waals surface area contributed by atoms with Gasteiger partial charge in [-0.15, -0.1) is 0 Å². The number of aliphatic carboxylic acids is 1. The van der Waals surface area contributed by atoms with Gasteiger partial charge in [0.25, 0.3) is 0 Å². The first-order valence-corrected chi connectivity index (χ1v) is 8.42. The monoisotopic (exact) mass is 315 g/mol. The van der Waals surface area contributed by atoms with E-state index in [-0.39, 0.29) is 23.2 Å². The van der Waals surface area contributed by atoms with Crippen LogP contribution in [0, 0.1) is 36.0 Å². The fraction of sp³-hybridized carbons (Fsp3) is 0.579. The number of benzene rings is 1.